The maximum Gasteiger partial charge on any atom is 0.289 e. The Morgan fingerprint density at radius 1 is 1.23 bits per heavy atom. The fourth-order valence-corrected chi connectivity index (χ4v) is 3.46. The second-order valence-electron chi connectivity index (χ2n) is 6.71. The molecule has 2 aliphatic rings. The fourth-order valence-electron chi connectivity index (χ4n) is 3.46. The summed E-state index contributed by atoms with van der Waals surface area (Å²) in [6, 6.07) is 5.49. The van der Waals surface area contributed by atoms with E-state index >= 15 is 0 Å². The van der Waals surface area contributed by atoms with Gasteiger partial charge in [0.05, 0.1) is 18.8 Å². The number of aryl methyl sites for hydroxylation is 1. The maximum absolute atomic E-state index is 12.7. The molecule has 0 saturated carbocycles. The summed E-state index contributed by atoms with van der Waals surface area (Å²) < 4.78 is 11.5. The first kappa shape index (κ1) is 17.0. The highest BCUT2D eigenvalue weighted by Crippen LogP contribution is 2.24. The first-order valence-electron chi connectivity index (χ1n) is 9.32. The van der Waals surface area contributed by atoms with E-state index in [0.717, 1.165) is 36.9 Å². The molecule has 7 heteroatoms. The average Bonchev–Trinajstić information content (AvgIpc) is 3.39. The summed E-state index contributed by atoms with van der Waals surface area (Å²) in [7, 11) is 0. The number of rotatable bonds is 4. The van der Waals surface area contributed by atoms with Crippen LogP contribution in [0.4, 0.5) is 5.95 Å². The topological polar surface area (TPSA) is 71.7 Å². The van der Waals surface area contributed by atoms with Gasteiger partial charge in [-0.25, -0.2) is 9.97 Å². The standard InChI is InChI=1S/C19H24N4O3/c1-2-14-5-6-16(26-14)18(24)23-11-12-25-17(13-23)15-7-8-20-19(21-15)22-9-3-4-10-22/h5-8,17H,2-4,9-13H2,1H3. The maximum atomic E-state index is 12.7. The van der Waals surface area contributed by atoms with Gasteiger partial charge in [-0.05, 0) is 31.0 Å². The fraction of sp³-hybridized carbons (Fsp3) is 0.526. The molecule has 0 spiro atoms. The van der Waals surface area contributed by atoms with Gasteiger partial charge in [0.2, 0.25) is 5.95 Å². The normalized spacial score (nSPS) is 20.6. The molecular formula is C19H24N4O3. The van der Waals surface area contributed by atoms with Gasteiger partial charge in [-0.15, -0.1) is 0 Å². The van der Waals surface area contributed by atoms with Crippen molar-refractivity contribution in [1.82, 2.24) is 14.9 Å². The van der Waals surface area contributed by atoms with E-state index in [1.54, 1.807) is 17.2 Å². The van der Waals surface area contributed by atoms with Crippen molar-refractivity contribution in [3.63, 3.8) is 0 Å². The van der Waals surface area contributed by atoms with E-state index in [9.17, 15) is 4.79 Å². The van der Waals surface area contributed by atoms with Gasteiger partial charge in [-0.3, -0.25) is 4.79 Å². The zero-order chi connectivity index (χ0) is 17.9. The van der Waals surface area contributed by atoms with Crippen molar-refractivity contribution in [2.75, 3.05) is 37.7 Å². The van der Waals surface area contributed by atoms with E-state index in [1.165, 1.54) is 12.8 Å². The molecule has 2 fully saturated rings. The highest BCUT2D eigenvalue weighted by molar-refractivity contribution is 5.91. The molecule has 2 aromatic heterocycles. The minimum atomic E-state index is -0.238. The number of hydrogen-bond donors (Lipinski definition) is 0. The lowest BCUT2D eigenvalue weighted by Gasteiger charge is -2.32. The first-order chi connectivity index (χ1) is 12.7. The second-order valence-corrected chi connectivity index (χ2v) is 6.71. The third-order valence-electron chi connectivity index (χ3n) is 4.96. The Hall–Kier alpha value is -2.41. The summed E-state index contributed by atoms with van der Waals surface area (Å²) in [6.07, 6.45) is 4.68. The number of aromatic nitrogens is 2. The highest BCUT2D eigenvalue weighted by Gasteiger charge is 2.29. The number of amides is 1. The number of hydrogen-bond acceptors (Lipinski definition) is 6. The van der Waals surface area contributed by atoms with Crippen LogP contribution in [0.3, 0.4) is 0 Å². The van der Waals surface area contributed by atoms with Gasteiger partial charge in [0, 0.05) is 32.3 Å². The Kier molecular flexibility index (Phi) is 4.88. The van der Waals surface area contributed by atoms with Gasteiger partial charge in [-0.2, -0.15) is 0 Å². The molecule has 0 N–H and O–H groups in total. The van der Waals surface area contributed by atoms with Crippen LogP contribution in [-0.2, 0) is 11.2 Å². The zero-order valence-corrected chi connectivity index (χ0v) is 15.1. The third kappa shape index (κ3) is 3.44. The lowest BCUT2D eigenvalue weighted by Crippen LogP contribution is -2.42. The molecule has 1 amide bonds. The Bertz CT molecular complexity index is 770. The van der Waals surface area contributed by atoms with E-state index in [-0.39, 0.29) is 12.0 Å². The van der Waals surface area contributed by atoms with E-state index in [1.807, 2.05) is 19.1 Å². The Morgan fingerprint density at radius 3 is 2.85 bits per heavy atom. The van der Waals surface area contributed by atoms with E-state index in [4.69, 9.17) is 14.1 Å². The quantitative estimate of drug-likeness (QED) is 0.838. The van der Waals surface area contributed by atoms with Gasteiger partial charge < -0.3 is 19.0 Å². The molecule has 138 valence electrons. The van der Waals surface area contributed by atoms with Crippen LogP contribution < -0.4 is 4.90 Å². The number of ether oxygens (including phenoxy) is 1. The van der Waals surface area contributed by atoms with Crippen molar-refractivity contribution in [3.8, 4) is 0 Å². The van der Waals surface area contributed by atoms with Gasteiger partial charge in [0.1, 0.15) is 11.9 Å². The van der Waals surface area contributed by atoms with Crippen LogP contribution in [0.2, 0.25) is 0 Å². The van der Waals surface area contributed by atoms with Crippen molar-refractivity contribution >= 4 is 11.9 Å². The van der Waals surface area contributed by atoms with Crippen molar-refractivity contribution in [2.24, 2.45) is 0 Å². The van der Waals surface area contributed by atoms with Gasteiger partial charge >= 0.3 is 0 Å². The third-order valence-corrected chi connectivity index (χ3v) is 4.96. The molecule has 0 radical (unpaired) electrons. The van der Waals surface area contributed by atoms with Gasteiger partial charge in [0.25, 0.3) is 5.91 Å². The van der Waals surface area contributed by atoms with Crippen LogP contribution in [0, 0.1) is 0 Å². The smallest absolute Gasteiger partial charge is 0.289 e. The number of anilines is 1. The number of nitrogens with zero attached hydrogens (tertiary/aromatic N) is 4. The van der Waals surface area contributed by atoms with Crippen molar-refractivity contribution < 1.29 is 13.9 Å². The average molecular weight is 356 g/mol. The summed E-state index contributed by atoms with van der Waals surface area (Å²) in [5.41, 5.74) is 0.827. The van der Waals surface area contributed by atoms with E-state index < -0.39 is 0 Å². The van der Waals surface area contributed by atoms with Crippen molar-refractivity contribution in [1.29, 1.82) is 0 Å². The number of carbonyl (C=O) groups is 1. The summed E-state index contributed by atoms with van der Waals surface area (Å²) in [5, 5.41) is 0. The molecule has 2 aliphatic heterocycles. The summed E-state index contributed by atoms with van der Waals surface area (Å²) in [6.45, 7) is 5.51. The van der Waals surface area contributed by atoms with Crippen LogP contribution in [-0.4, -0.2) is 53.6 Å². The monoisotopic (exact) mass is 356 g/mol. The predicted molar refractivity (Wildman–Crippen MR) is 96.2 cm³/mol. The molecule has 0 aromatic carbocycles. The van der Waals surface area contributed by atoms with Crippen LogP contribution in [0.5, 0.6) is 0 Å². The Balaban J connectivity index is 1.48. The molecule has 0 aliphatic carbocycles. The Labute approximate surface area is 153 Å². The second kappa shape index (κ2) is 7.45. The molecule has 2 aromatic rings. The van der Waals surface area contributed by atoms with Crippen LogP contribution in [0.25, 0.3) is 0 Å². The molecule has 0 bridgehead atoms. The molecule has 2 saturated heterocycles. The first-order valence-corrected chi connectivity index (χ1v) is 9.32. The van der Waals surface area contributed by atoms with Gasteiger partial charge in [-0.1, -0.05) is 6.92 Å². The summed E-state index contributed by atoms with van der Waals surface area (Å²) in [4.78, 5) is 25.8. The molecule has 4 heterocycles. The van der Waals surface area contributed by atoms with Crippen LogP contribution >= 0.6 is 0 Å². The number of carbonyl (C=O) groups excluding carboxylic acids is 1. The predicted octanol–water partition coefficient (Wildman–Crippen LogP) is 2.45. The van der Waals surface area contributed by atoms with E-state index in [0.29, 0.717) is 25.5 Å². The Morgan fingerprint density at radius 2 is 2.08 bits per heavy atom. The lowest BCUT2D eigenvalue weighted by atomic mass is 10.2. The lowest BCUT2D eigenvalue weighted by molar-refractivity contribution is -0.0257. The van der Waals surface area contributed by atoms with E-state index in [2.05, 4.69) is 9.88 Å². The largest absolute Gasteiger partial charge is 0.456 e. The van der Waals surface area contributed by atoms with Crippen molar-refractivity contribution in [3.05, 3.63) is 41.6 Å². The molecule has 7 nitrogen and oxygen atoms in total. The SMILES string of the molecule is CCc1ccc(C(=O)N2CCOC(c3ccnc(N4CCCC4)n3)C2)o1. The number of furan rings is 1. The highest BCUT2D eigenvalue weighted by atomic mass is 16.5. The minimum Gasteiger partial charge on any atom is -0.456 e. The van der Waals surface area contributed by atoms with Gasteiger partial charge in [0.15, 0.2) is 5.76 Å². The number of morpholine rings is 1. The zero-order valence-electron chi connectivity index (χ0n) is 15.1. The molecule has 26 heavy (non-hydrogen) atoms. The molecule has 1 unspecified atom stereocenters. The molecule has 4 rings (SSSR count). The molecule has 1 atom stereocenters. The van der Waals surface area contributed by atoms with Crippen LogP contribution in [0.15, 0.2) is 28.8 Å². The van der Waals surface area contributed by atoms with Crippen molar-refractivity contribution in [2.45, 2.75) is 32.3 Å². The minimum absolute atomic E-state index is 0.0909. The summed E-state index contributed by atoms with van der Waals surface area (Å²) in [5.74, 6) is 1.88. The van der Waals surface area contributed by atoms with Crippen LogP contribution in [0.1, 0.15) is 47.9 Å². The summed E-state index contributed by atoms with van der Waals surface area (Å²) >= 11 is 0. The molecular weight excluding hydrogens is 332 g/mol.